The number of nitro benzene ring substituents is 1. The molecule has 0 radical (unpaired) electrons. The fourth-order valence-corrected chi connectivity index (χ4v) is 2.42. The molecule has 0 atom stereocenters. The van der Waals surface area contributed by atoms with Crippen LogP contribution >= 0.6 is 0 Å². The Hall–Kier alpha value is -2.11. The quantitative estimate of drug-likeness (QED) is 0.617. The minimum absolute atomic E-state index is 0.0299. The van der Waals surface area contributed by atoms with Gasteiger partial charge in [0.15, 0.2) is 0 Å². The van der Waals surface area contributed by atoms with E-state index < -0.39 is 4.92 Å². The molecule has 6 nitrogen and oxygen atoms in total. The number of anilines is 1. The van der Waals surface area contributed by atoms with E-state index in [-0.39, 0.29) is 11.6 Å². The van der Waals surface area contributed by atoms with Crippen molar-refractivity contribution in [2.75, 3.05) is 18.6 Å². The van der Waals surface area contributed by atoms with Gasteiger partial charge in [0.1, 0.15) is 11.4 Å². The van der Waals surface area contributed by atoms with Gasteiger partial charge in [0, 0.05) is 24.6 Å². The summed E-state index contributed by atoms with van der Waals surface area (Å²) in [5.74, 6) is 0.532. The first kappa shape index (κ1) is 13.3. The van der Waals surface area contributed by atoms with Gasteiger partial charge in [-0.15, -0.1) is 0 Å². The molecular weight excluding hydrogens is 248 g/mol. The van der Waals surface area contributed by atoms with Gasteiger partial charge in [0.2, 0.25) is 5.91 Å². The normalized spacial score (nSPS) is 13.3. The molecule has 2 rings (SSSR count). The Morgan fingerprint density at radius 2 is 2.26 bits per heavy atom. The molecule has 0 aromatic heterocycles. The molecule has 1 aromatic carbocycles. The first-order chi connectivity index (χ1) is 9.10. The maximum absolute atomic E-state index is 12.0. The van der Waals surface area contributed by atoms with Crippen LogP contribution in [0, 0.1) is 10.1 Å². The molecule has 1 aliphatic rings. The maximum Gasteiger partial charge on any atom is 0.293 e. The number of carbonyl (C=O) groups excluding carboxylic acids is 1. The summed E-state index contributed by atoms with van der Waals surface area (Å²) in [6.07, 6.45) is 1.71. The Morgan fingerprint density at radius 3 is 2.84 bits per heavy atom. The number of ether oxygens (including phenoxy) is 1. The van der Waals surface area contributed by atoms with Crippen LogP contribution in [0.4, 0.5) is 11.4 Å². The van der Waals surface area contributed by atoms with Gasteiger partial charge in [0.05, 0.1) is 12.0 Å². The van der Waals surface area contributed by atoms with Gasteiger partial charge in [-0.25, -0.2) is 0 Å². The van der Waals surface area contributed by atoms with Gasteiger partial charge >= 0.3 is 0 Å². The SMILES string of the molecule is CCCC(=O)N1CCc2c(OC)ccc([N+](=O)[O-])c21. The summed E-state index contributed by atoms with van der Waals surface area (Å²) in [5.41, 5.74) is 1.13. The van der Waals surface area contributed by atoms with Gasteiger partial charge in [-0.05, 0) is 18.9 Å². The zero-order chi connectivity index (χ0) is 14.0. The van der Waals surface area contributed by atoms with Crippen LogP contribution in [0.3, 0.4) is 0 Å². The third kappa shape index (κ3) is 2.25. The minimum Gasteiger partial charge on any atom is -0.496 e. The van der Waals surface area contributed by atoms with Crippen molar-refractivity contribution in [2.24, 2.45) is 0 Å². The predicted molar refractivity (Wildman–Crippen MR) is 70.6 cm³/mol. The van der Waals surface area contributed by atoms with Crippen LogP contribution in [0.25, 0.3) is 0 Å². The number of hydrogen-bond acceptors (Lipinski definition) is 4. The van der Waals surface area contributed by atoms with Gasteiger partial charge in [-0.2, -0.15) is 0 Å². The number of nitrogens with zero attached hydrogens (tertiary/aromatic N) is 2. The van der Waals surface area contributed by atoms with E-state index in [4.69, 9.17) is 4.74 Å². The number of carbonyl (C=O) groups is 1. The highest BCUT2D eigenvalue weighted by atomic mass is 16.6. The van der Waals surface area contributed by atoms with E-state index in [1.165, 1.54) is 18.1 Å². The molecule has 1 amide bonds. The molecule has 0 fully saturated rings. The molecule has 6 heteroatoms. The molecule has 0 saturated heterocycles. The first-order valence-corrected chi connectivity index (χ1v) is 6.24. The number of rotatable bonds is 4. The molecule has 0 spiro atoms. The van der Waals surface area contributed by atoms with Crippen LogP contribution in [0.2, 0.25) is 0 Å². The van der Waals surface area contributed by atoms with Crippen LogP contribution in [0.15, 0.2) is 12.1 Å². The van der Waals surface area contributed by atoms with E-state index in [0.717, 1.165) is 12.0 Å². The Labute approximate surface area is 111 Å². The fourth-order valence-electron chi connectivity index (χ4n) is 2.42. The second-order valence-electron chi connectivity index (χ2n) is 4.42. The summed E-state index contributed by atoms with van der Waals surface area (Å²) in [6.45, 7) is 2.39. The average molecular weight is 264 g/mol. The Bertz CT molecular complexity index is 528. The first-order valence-electron chi connectivity index (χ1n) is 6.24. The Kier molecular flexibility index (Phi) is 3.69. The van der Waals surface area contributed by atoms with Crippen molar-refractivity contribution in [3.05, 3.63) is 27.8 Å². The molecule has 0 saturated carbocycles. The third-order valence-corrected chi connectivity index (χ3v) is 3.26. The Balaban J connectivity index is 2.51. The summed E-state index contributed by atoms with van der Waals surface area (Å²) >= 11 is 0. The molecule has 0 N–H and O–H groups in total. The summed E-state index contributed by atoms with van der Waals surface area (Å²) in [6, 6.07) is 2.99. The third-order valence-electron chi connectivity index (χ3n) is 3.26. The molecule has 0 bridgehead atoms. The van der Waals surface area contributed by atoms with Gasteiger partial charge in [0.25, 0.3) is 5.69 Å². The Morgan fingerprint density at radius 1 is 1.53 bits per heavy atom. The highest BCUT2D eigenvalue weighted by Crippen LogP contribution is 2.42. The van der Waals surface area contributed by atoms with Crippen molar-refractivity contribution in [1.82, 2.24) is 0 Å². The highest BCUT2D eigenvalue weighted by molar-refractivity contribution is 5.98. The lowest BCUT2D eigenvalue weighted by Gasteiger charge is -2.17. The highest BCUT2D eigenvalue weighted by Gasteiger charge is 2.33. The number of methoxy groups -OCH3 is 1. The van der Waals surface area contributed by atoms with Crippen molar-refractivity contribution in [2.45, 2.75) is 26.2 Å². The van der Waals surface area contributed by atoms with E-state index >= 15 is 0 Å². The average Bonchev–Trinajstić information content (AvgIpc) is 2.82. The smallest absolute Gasteiger partial charge is 0.293 e. The van der Waals surface area contributed by atoms with Gasteiger partial charge in [-0.3, -0.25) is 14.9 Å². The molecule has 0 aliphatic carbocycles. The summed E-state index contributed by atoms with van der Waals surface area (Å²) in [4.78, 5) is 24.2. The zero-order valence-corrected chi connectivity index (χ0v) is 11.0. The second-order valence-corrected chi connectivity index (χ2v) is 4.42. The molecular formula is C13H16N2O4. The summed E-state index contributed by atoms with van der Waals surface area (Å²) < 4.78 is 5.22. The number of hydrogen-bond donors (Lipinski definition) is 0. The number of benzene rings is 1. The van der Waals surface area contributed by atoms with Gasteiger partial charge < -0.3 is 9.64 Å². The van der Waals surface area contributed by atoms with Crippen molar-refractivity contribution in [3.8, 4) is 5.75 Å². The summed E-state index contributed by atoms with van der Waals surface area (Å²) in [5, 5.41) is 11.1. The van der Waals surface area contributed by atoms with Crippen LogP contribution in [-0.2, 0) is 11.2 Å². The van der Waals surface area contributed by atoms with Gasteiger partial charge in [-0.1, -0.05) is 6.92 Å². The largest absolute Gasteiger partial charge is 0.496 e. The van der Waals surface area contributed by atoms with Crippen molar-refractivity contribution in [3.63, 3.8) is 0 Å². The van der Waals surface area contributed by atoms with Crippen LogP contribution in [0.1, 0.15) is 25.3 Å². The molecule has 1 heterocycles. The molecule has 1 aromatic rings. The van der Waals surface area contributed by atoms with Crippen molar-refractivity contribution in [1.29, 1.82) is 0 Å². The topological polar surface area (TPSA) is 72.7 Å². The lowest BCUT2D eigenvalue weighted by molar-refractivity contribution is -0.384. The van der Waals surface area contributed by atoms with E-state index in [2.05, 4.69) is 0 Å². The summed E-state index contributed by atoms with van der Waals surface area (Å²) in [7, 11) is 1.53. The van der Waals surface area contributed by atoms with E-state index in [1.807, 2.05) is 6.92 Å². The molecule has 19 heavy (non-hydrogen) atoms. The molecule has 0 unspecified atom stereocenters. The van der Waals surface area contributed by atoms with E-state index in [9.17, 15) is 14.9 Å². The van der Waals surface area contributed by atoms with Crippen LogP contribution in [-0.4, -0.2) is 24.5 Å². The van der Waals surface area contributed by atoms with Crippen molar-refractivity contribution < 1.29 is 14.5 Å². The van der Waals surface area contributed by atoms with E-state index in [1.54, 1.807) is 6.07 Å². The zero-order valence-electron chi connectivity index (χ0n) is 11.0. The predicted octanol–water partition coefficient (Wildman–Crippen LogP) is 2.29. The van der Waals surface area contributed by atoms with Crippen LogP contribution < -0.4 is 9.64 Å². The molecule has 1 aliphatic heterocycles. The number of fused-ring (bicyclic) bond motifs is 1. The van der Waals surface area contributed by atoms with E-state index in [0.29, 0.717) is 30.8 Å². The maximum atomic E-state index is 12.0. The van der Waals surface area contributed by atoms with Crippen LogP contribution in [0.5, 0.6) is 5.75 Å². The standard InChI is InChI=1S/C13H16N2O4/c1-3-4-12(16)14-8-7-9-11(19-2)6-5-10(13(9)14)15(17)18/h5-6H,3-4,7-8H2,1-2H3. The number of amides is 1. The van der Waals surface area contributed by atoms with Crippen molar-refractivity contribution >= 4 is 17.3 Å². The number of nitro groups is 1. The molecule has 102 valence electrons. The lowest BCUT2D eigenvalue weighted by atomic mass is 10.1. The lowest BCUT2D eigenvalue weighted by Crippen LogP contribution is -2.28. The monoisotopic (exact) mass is 264 g/mol. The minimum atomic E-state index is -0.449. The second kappa shape index (κ2) is 5.26. The fraction of sp³-hybridized carbons (Fsp3) is 0.462.